The molecule has 0 atom stereocenters. The molecule has 0 aliphatic carbocycles. The van der Waals surface area contributed by atoms with E-state index in [0.29, 0.717) is 5.56 Å². The average molecular weight is 292 g/mol. The number of carbonyl (C=O) groups excluding carboxylic acids is 1. The maximum absolute atomic E-state index is 12.7. The monoisotopic (exact) mass is 291 g/mol. The number of nitrogens with one attached hydrogen (secondary N) is 1. The van der Waals surface area contributed by atoms with E-state index >= 15 is 0 Å². The second-order valence-corrected chi connectivity index (χ2v) is 4.24. The summed E-state index contributed by atoms with van der Waals surface area (Å²) in [4.78, 5) is 10.9. The Hall–Kier alpha value is -1.63. The predicted molar refractivity (Wildman–Crippen MR) is 61.6 cm³/mol. The Morgan fingerprint density at radius 3 is 2.26 bits per heavy atom. The molecule has 1 aromatic carbocycles. The third-order valence-corrected chi connectivity index (χ3v) is 2.91. The van der Waals surface area contributed by atoms with Gasteiger partial charge in [-0.05, 0) is 5.56 Å². The maximum atomic E-state index is 12.7. The van der Waals surface area contributed by atoms with Crippen LogP contribution in [0.15, 0.2) is 34.5 Å². The lowest BCUT2D eigenvalue weighted by Crippen LogP contribution is -2.30. The number of hydrogen-bond donors (Lipinski definition) is 1. The second-order valence-electron chi connectivity index (χ2n) is 3.98. The first-order chi connectivity index (χ1) is 8.89. The van der Waals surface area contributed by atoms with Gasteiger partial charge in [0.25, 0.3) is 0 Å². The third kappa shape index (κ3) is 2.70. The van der Waals surface area contributed by atoms with Crippen molar-refractivity contribution in [3.8, 4) is 0 Å². The largest absolute Gasteiger partial charge is 0.442 e. The van der Waals surface area contributed by atoms with Crippen LogP contribution in [0.4, 0.5) is 13.2 Å². The number of carbonyl (C=O) groups is 1. The van der Waals surface area contributed by atoms with E-state index < -0.39 is 11.8 Å². The van der Waals surface area contributed by atoms with Crippen molar-refractivity contribution in [3.05, 3.63) is 35.4 Å². The topological polar surface area (TPSA) is 53.8 Å². The average Bonchev–Trinajstić information content (AvgIpc) is 3.17. The molecule has 8 heteroatoms. The molecule has 1 amide bonds. The number of alkyl halides is 4. The highest BCUT2D eigenvalue weighted by molar-refractivity contribution is 6.27. The van der Waals surface area contributed by atoms with Gasteiger partial charge in [-0.3, -0.25) is 4.79 Å². The summed E-state index contributed by atoms with van der Waals surface area (Å²) in [7, 11) is 0. The standard InChI is InChI=1S/C11H9ClF3N3O/c12-5-9(19)16-6-7-1-3-8(4-2-7)10(17-18-10)11(13,14)15/h1-4H,5-6H2,(H,16,19). The first-order valence-corrected chi connectivity index (χ1v) is 5.85. The molecule has 102 valence electrons. The number of rotatable bonds is 4. The summed E-state index contributed by atoms with van der Waals surface area (Å²) in [5.74, 6) is -0.503. The van der Waals surface area contributed by atoms with Crippen LogP contribution in [0, 0.1) is 0 Å². The Balaban J connectivity index is 2.05. The van der Waals surface area contributed by atoms with Crippen molar-refractivity contribution in [2.45, 2.75) is 18.4 Å². The molecular weight excluding hydrogens is 283 g/mol. The molecule has 0 unspecified atom stereocenters. The molecule has 1 aliphatic rings. The van der Waals surface area contributed by atoms with Gasteiger partial charge < -0.3 is 5.32 Å². The van der Waals surface area contributed by atoms with Crippen molar-refractivity contribution in [2.24, 2.45) is 10.2 Å². The molecule has 19 heavy (non-hydrogen) atoms. The highest BCUT2D eigenvalue weighted by atomic mass is 35.5. The molecule has 4 nitrogen and oxygen atoms in total. The number of amides is 1. The molecule has 1 heterocycles. The highest BCUT2D eigenvalue weighted by Crippen LogP contribution is 2.52. The summed E-state index contributed by atoms with van der Waals surface area (Å²) in [5, 5.41) is 8.72. The van der Waals surface area contributed by atoms with Gasteiger partial charge in [-0.2, -0.15) is 13.2 Å². The molecule has 1 aliphatic heterocycles. The van der Waals surface area contributed by atoms with Crippen LogP contribution in [0.5, 0.6) is 0 Å². The van der Waals surface area contributed by atoms with Gasteiger partial charge in [0.2, 0.25) is 5.91 Å². The van der Waals surface area contributed by atoms with Crippen molar-refractivity contribution in [1.29, 1.82) is 0 Å². The predicted octanol–water partition coefficient (Wildman–Crippen LogP) is 2.72. The normalized spacial score (nSPS) is 16.2. The van der Waals surface area contributed by atoms with Gasteiger partial charge in [-0.1, -0.05) is 24.3 Å². The van der Waals surface area contributed by atoms with Crippen molar-refractivity contribution in [3.63, 3.8) is 0 Å². The number of nitrogens with zero attached hydrogens (tertiary/aromatic N) is 2. The van der Waals surface area contributed by atoms with Gasteiger partial charge in [0.1, 0.15) is 5.88 Å². The quantitative estimate of drug-likeness (QED) is 0.852. The zero-order valence-corrected chi connectivity index (χ0v) is 10.3. The summed E-state index contributed by atoms with van der Waals surface area (Å²) in [6, 6.07) is 5.58. The van der Waals surface area contributed by atoms with Crippen molar-refractivity contribution in [2.75, 3.05) is 5.88 Å². The SMILES string of the molecule is O=C(CCl)NCc1ccc(C2(C(F)(F)F)N=N2)cc1. The molecule has 0 spiro atoms. The van der Waals surface area contributed by atoms with E-state index in [0.717, 1.165) is 0 Å². The minimum atomic E-state index is -4.53. The van der Waals surface area contributed by atoms with Gasteiger partial charge in [0.15, 0.2) is 0 Å². The molecule has 0 saturated heterocycles. The fraction of sp³-hybridized carbons (Fsp3) is 0.364. The lowest BCUT2D eigenvalue weighted by Gasteiger charge is -2.15. The molecule has 0 aromatic heterocycles. The molecule has 1 N–H and O–H groups in total. The van der Waals surface area contributed by atoms with Crippen molar-refractivity contribution < 1.29 is 18.0 Å². The molecule has 2 rings (SSSR count). The fourth-order valence-corrected chi connectivity index (χ4v) is 1.64. The lowest BCUT2D eigenvalue weighted by molar-refractivity contribution is -0.166. The van der Waals surface area contributed by atoms with Crippen LogP contribution in [-0.4, -0.2) is 18.0 Å². The summed E-state index contributed by atoms with van der Waals surface area (Å²) in [6.07, 6.45) is -4.53. The van der Waals surface area contributed by atoms with Crippen LogP contribution < -0.4 is 5.32 Å². The molecule has 0 saturated carbocycles. The van der Waals surface area contributed by atoms with Gasteiger partial charge in [-0.15, -0.1) is 21.8 Å². The molecule has 1 aromatic rings. The Kier molecular flexibility index (Phi) is 3.49. The van der Waals surface area contributed by atoms with Gasteiger partial charge in [-0.25, -0.2) is 0 Å². The van der Waals surface area contributed by atoms with Crippen LogP contribution in [0.2, 0.25) is 0 Å². The molecular formula is C11H9ClF3N3O. The summed E-state index contributed by atoms with van der Waals surface area (Å²) < 4.78 is 38.2. The van der Waals surface area contributed by atoms with Crippen LogP contribution >= 0.6 is 11.6 Å². The van der Waals surface area contributed by atoms with E-state index in [4.69, 9.17) is 11.6 Å². The smallest absolute Gasteiger partial charge is 0.351 e. The Morgan fingerprint density at radius 2 is 1.84 bits per heavy atom. The number of benzene rings is 1. The van der Waals surface area contributed by atoms with Crippen LogP contribution in [0.25, 0.3) is 0 Å². The minimum absolute atomic E-state index is 0.0348. The van der Waals surface area contributed by atoms with Crippen molar-refractivity contribution in [1.82, 2.24) is 5.32 Å². The minimum Gasteiger partial charge on any atom is -0.351 e. The Labute approximate surface area is 111 Å². The number of halogens is 4. The van der Waals surface area contributed by atoms with E-state index in [9.17, 15) is 18.0 Å². The van der Waals surface area contributed by atoms with Crippen LogP contribution in [-0.2, 0) is 17.0 Å². The second kappa shape index (κ2) is 4.80. The first kappa shape index (κ1) is 13.8. The highest BCUT2D eigenvalue weighted by Gasteiger charge is 2.65. The van der Waals surface area contributed by atoms with Gasteiger partial charge >= 0.3 is 11.8 Å². The summed E-state index contributed by atoms with van der Waals surface area (Å²) >= 11 is 5.30. The van der Waals surface area contributed by atoms with E-state index in [-0.39, 0.29) is 23.9 Å². The Bertz CT molecular complexity index is 507. The van der Waals surface area contributed by atoms with Crippen molar-refractivity contribution >= 4 is 17.5 Å². The van der Waals surface area contributed by atoms with Gasteiger partial charge in [0.05, 0.1) is 0 Å². The van der Waals surface area contributed by atoms with E-state index in [1.165, 1.54) is 24.3 Å². The van der Waals surface area contributed by atoms with E-state index in [1.54, 1.807) is 0 Å². The van der Waals surface area contributed by atoms with Gasteiger partial charge in [0, 0.05) is 12.1 Å². The maximum Gasteiger partial charge on any atom is 0.442 e. The zero-order valence-electron chi connectivity index (χ0n) is 9.54. The molecule has 0 bridgehead atoms. The van der Waals surface area contributed by atoms with E-state index in [1.807, 2.05) is 0 Å². The summed E-state index contributed by atoms with van der Waals surface area (Å²) in [6.45, 7) is 0.207. The summed E-state index contributed by atoms with van der Waals surface area (Å²) in [5.41, 5.74) is -1.77. The lowest BCUT2D eigenvalue weighted by atomic mass is 10.0. The fourth-order valence-electron chi connectivity index (χ4n) is 1.55. The zero-order chi connectivity index (χ0) is 14.1. The third-order valence-electron chi connectivity index (χ3n) is 2.66. The van der Waals surface area contributed by atoms with E-state index in [2.05, 4.69) is 15.5 Å². The first-order valence-electron chi connectivity index (χ1n) is 5.32. The Morgan fingerprint density at radius 1 is 1.26 bits per heavy atom. The number of hydrogen-bond acceptors (Lipinski definition) is 3. The van der Waals surface area contributed by atoms with Crippen LogP contribution in [0.3, 0.4) is 0 Å². The molecule has 0 fully saturated rings. The van der Waals surface area contributed by atoms with Crippen LogP contribution in [0.1, 0.15) is 11.1 Å². The molecule has 0 radical (unpaired) electrons.